The molecule has 2 N–H and O–H groups in total. The van der Waals surface area contributed by atoms with Gasteiger partial charge in [-0.1, -0.05) is 53.5 Å². The maximum Gasteiger partial charge on any atom is 0.269 e. The summed E-state index contributed by atoms with van der Waals surface area (Å²) >= 11 is 12.4. The van der Waals surface area contributed by atoms with E-state index in [0.717, 1.165) is 16.7 Å². The van der Waals surface area contributed by atoms with Crippen LogP contribution in [-0.2, 0) is 0 Å². The molecular formula is C19H17Cl2N3O. The van der Waals surface area contributed by atoms with Gasteiger partial charge in [0, 0.05) is 28.9 Å². The first-order valence-corrected chi connectivity index (χ1v) is 8.57. The molecule has 3 aromatic rings. The number of halogens is 2. The van der Waals surface area contributed by atoms with E-state index in [1.54, 1.807) is 22.9 Å². The Hall–Kier alpha value is -2.30. The monoisotopic (exact) mass is 373 g/mol. The zero-order chi connectivity index (χ0) is 18.1. The molecule has 0 bridgehead atoms. The van der Waals surface area contributed by atoms with Gasteiger partial charge in [0.05, 0.1) is 10.7 Å². The Labute approximate surface area is 155 Å². The van der Waals surface area contributed by atoms with Gasteiger partial charge < -0.3 is 10.3 Å². The molecule has 128 valence electrons. The van der Waals surface area contributed by atoms with Gasteiger partial charge in [-0.3, -0.25) is 4.79 Å². The van der Waals surface area contributed by atoms with E-state index in [1.807, 2.05) is 44.2 Å². The van der Waals surface area contributed by atoms with Crippen molar-refractivity contribution in [3.8, 4) is 22.4 Å². The highest BCUT2D eigenvalue weighted by molar-refractivity contribution is 6.33. The fourth-order valence-corrected chi connectivity index (χ4v) is 3.00. The summed E-state index contributed by atoms with van der Waals surface area (Å²) in [5.74, 6) is 0.257. The minimum atomic E-state index is -0.226. The lowest BCUT2D eigenvalue weighted by Gasteiger charge is -2.16. The molecular weight excluding hydrogens is 357 g/mol. The van der Waals surface area contributed by atoms with Crippen LogP contribution < -0.4 is 11.3 Å². The van der Waals surface area contributed by atoms with Crippen LogP contribution in [0.5, 0.6) is 0 Å². The highest BCUT2D eigenvalue weighted by atomic mass is 35.5. The third kappa shape index (κ3) is 3.41. The molecule has 4 nitrogen and oxygen atoms in total. The Morgan fingerprint density at radius 3 is 2.36 bits per heavy atom. The zero-order valence-corrected chi connectivity index (χ0v) is 15.3. The predicted molar refractivity (Wildman–Crippen MR) is 104 cm³/mol. The molecule has 3 rings (SSSR count). The van der Waals surface area contributed by atoms with Crippen LogP contribution in [0.25, 0.3) is 22.4 Å². The van der Waals surface area contributed by atoms with Crippen LogP contribution in [0.1, 0.15) is 19.9 Å². The molecule has 0 aliphatic carbocycles. The molecule has 0 saturated heterocycles. The number of nitrogens with two attached hydrogens (primary N) is 1. The van der Waals surface area contributed by atoms with Crippen molar-refractivity contribution in [3.63, 3.8) is 0 Å². The highest BCUT2D eigenvalue weighted by Crippen LogP contribution is 2.35. The summed E-state index contributed by atoms with van der Waals surface area (Å²) in [6, 6.07) is 13.0. The normalized spacial score (nSPS) is 11.1. The van der Waals surface area contributed by atoms with Gasteiger partial charge in [0.25, 0.3) is 5.56 Å². The van der Waals surface area contributed by atoms with Crippen LogP contribution in [0.4, 0.5) is 5.82 Å². The summed E-state index contributed by atoms with van der Waals surface area (Å²) in [6.45, 7) is 3.85. The lowest BCUT2D eigenvalue weighted by atomic mass is 10.0. The smallest absolute Gasteiger partial charge is 0.269 e. The number of nitrogen functional groups attached to an aromatic ring is 1. The summed E-state index contributed by atoms with van der Waals surface area (Å²) in [6.07, 6.45) is 1.77. The molecule has 0 aliphatic heterocycles. The van der Waals surface area contributed by atoms with E-state index in [4.69, 9.17) is 28.9 Å². The Kier molecular flexibility index (Phi) is 4.84. The van der Waals surface area contributed by atoms with Gasteiger partial charge in [-0.2, -0.15) is 0 Å². The zero-order valence-electron chi connectivity index (χ0n) is 13.8. The van der Waals surface area contributed by atoms with E-state index in [1.165, 1.54) is 0 Å². The van der Waals surface area contributed by atoms with Gasteiger partial charge in [-0.25, -0.2) is 4.98 Å². The fourth-order valence-electron chi connectivity index (χ4n) is 2.64. The largest absolute Gasteiger partial charge is 0.382 e. The van der Waals surface area contributed by atoms with Crippen molar-refractivity contribution < 1.29 is 0 Å². The summed E-state index contributed by atoms with van der Waals surface area (Å²) in [4.78, 5) is 16.7. The van der Waals surface area contributed by atoms with Crippen LogP contribution in [0.3, 0.4) is 0 Å². The molecule has 2 aromatic heterocycles. The third-order valence-electron chi connectivity index (χ3n) is 3.92. The second-order valence-electron chi connectivity index (χ2n) is 6.00. The molecule has 0 unspecified atom stereocenters. The van der Waals surface area contributed by atoms with Gasteiger partial charge in [-0.05, 0) is 26.0 Å². The molecule has 0 atom stereocenters. The number of aromatic nitrogens is 2. The third-order valence-corrected chi connectivity index (χ3v) is 4.49. The van der Waals surface area contributed by atoms with E-state index in [-0.39, 0.29) is 22.4 Å². The second kappa shape index (κ2) is 6.90. The fraction of sp³-hybridized carbons (Fsp3) is 0.158. The number of rotatable bonds is 3. The first-order valence-electron chi connectivity index (χ1n) is 7.82. The SMILES string of the molecule is CC(C)n1cc(-c2cc(Cl)c(N)nc2-c2ccccc2)cc(Cl)c1=O. The van der Waals surface area contributed by atoms with Crippen molar-refractivity contribution in [2.24, 2.45) is 0 Å². The van der Waals surface area contributed by atoms with Gasteiger partial charge >= 0.3 is 0 Å². The topological polar surface area (TPSA) is 60.9 Å². The van der Waals surface area contributed by atoms with Crippen LogP contribution in [0.15, 0.2) is 53.5 Å². The van der Waals surface area contributed by atoms with E-state index in [2.05, 4.69) is 4.98 Å². The summed E-state index contributed by atoms with van der Waals surface area (Å²) in [5, 5.41) is 0.506. The van der Waals surface area contributed by atoms with Gasteiger partial charge in [-0.15, -0.1) is 0 Å². The molecule has 0 aliphatic rings. The molecule has 0 radical (unpaired) electrons. The van der Waals surface area contributed by atoms with Crippen LogP contribution >= 0.6 is 23.2 Å². The average Bonchev–Trinajstić information content (AvgIpc) is 2.59. The van der Waals surface area contributed by atoms with Crippen molar-refractivity contribution in [1.82, 2.24) is 9.55 Å². The number of benzene rings is 1. The molecule has 25 heavy (non-hydrogen) atoms. The lowest BCUT2D eigenvalue weighted by Crippen LogP contribution is -2.21. The van der Waals surface area contributed by atoms with Crippen LogP contribution in [0.2, 0.25) is 10.0 Å². The van der Waals surface area contributed by atoms with Crippen LogP contribution in [0, 0.1) is 0 Å². The first-order chi connectivity index (χ1) is 11.9. The van der Waals surface area contributed by atoms with E-state index < -0.39 is 0 Å². The Bertz CT molecular complexity index is 982. The molecule has 1 aromatic carbocycles. The maximum atomic E-state index is 12.2. The summed E-state index contributed by atoms with van der Waals surface area (Å²) < 4.78 is 1.59. The molecule has 2 heterocycles. The highest BCUT2D eigenvalue weighted by Gasteiger charge is 2.16. The molecule has 0 saturated carbocycles. The summed E-state index contributed by atoms with van der Waals surface area (Å²) in [5.41, 5.74) is 8.80. The Morgan fingerprint density at radius 1 is 1.04 bits per heavy atom. The van der Waals surface area contributed by atoms with Crippen molar-refractivity contribution in [2.45, 2.75) is 19.9 Å². The number of hydrogen-bond donors (Lipinski definition) is 1. The number of nitrogens with zero attached hydrogens (tertiary/aromatic N) is 2. The average molecular weight is 374 g/mol. The molecule has 0 amide bonds. The quantitative estimate of drug-likeness (QED) is 0.698. The maximum absolute atomic E-state index is 12.2. The Morgan fingerprint density at radius 2 is 1.72 bits per heavy atom. The van der Waals surface area contributed by atoms with Crippen LogP contribution in [-0.4, -0.2) is 9.55 Å². The van der Waals surface area contributed by atoms with E-state index in [9.17, 15) is 4.79 Å². The first kappa shape index (κ1) is 17.5. The van der Waals surface area contributed by atoms with Gasteiger partial charge in [0.1, 0.15) is 10.8 Å². The van der Waals surface area contributed by atoms with Gasteiger partial charge in [0.15, 0.2) is 0 Å². The predicted octanol–water partition coefficient (Wildman–Crippen LogP) is 5.05. The number of hydrogen-bond acceptors (Lipinski definition) is 3. The lowest BCUT2D eigenvalue weighted by molar-refractivity contribution is 0.579. The minimum absolute atomic E-state index is 0.0256. The number of anilines is 1. The van der Waals surface area contributed by atoms with E-state index >= 15 is 0 Å². The Balaban J connectivity index is 2.31. The second-order valence-corrected chi connectivity index (χ2v) is 6.81. The van der Waals surface area contributed by atoms with Gasteiger partial charge in [0.2, 0.25) is 0 Å². The van der Waals surface area contributed by atoms with Crippen molar-refractivity contribution in [3.05, 3.63) is 69.1 Å². The minimum Gasteiger partial charge on any atom is -0.382 e. The van der Waals surface area contributed by atoms with Crippen molar-refractivity contribution >= 4 is 29.0 Å². The summed E-state index contributed by atoms with van der Waals surface area (Å²) in [7, 11) is 0. The standard InChI is InChI=1S/C19H17Cl2N3O/c1-11(2)24-10-13(8-16(21)19(24)25)14-9-15(20)18(22)23-17(14)12-6-4-3-5-7-12/h3-11H,1-2H3,(H2,22,23). The van der Waals surface area contributed by atoms with E-state index in [0.29, 0.717) is 10.7 Å². The molecule has 0 spiro atoms. The van der Waals surface area contributed by atoms with Crippen molar-refractivity contribution in [2.75, 3.05) is 5.73 Å². The number of pyridine rings is 2. The molecule has 0 fully saturated rings. The molecule has 6 heteroatoms. The van der Waals surface area contributed by atoms with Crippen molar-refractivity contribution in [1.29, 1.82) is 0 Å².